The van der Waals surface area contributed by atoms with Crippen LogP contribution in [0, 0.1) is 6.92 Å². The summed E-state index contributed by atoms with van der Waals surface area (Å²) in [6.07, 6.45) is 0.725. The van der Waals surface area contributed by atoms with Gasteiger partial charge in [0.15, 0.2) is 12.4 Å². The molecular weight excluding hydrogens is 312 g/mol. The van der Waals surface area contributed by atoms with E-state index in [1.54, 1.807) is 0 Å². The van der Waals surface area contributed by atoms with Crippen LogP contribution >= 0.6 is 15.9 Å². The molecule has 0 aliphatic heterocycles. The number of aliphatic hydroxyl groups is 1. The molecule has 6 heteroatoms. The first kappa shape index (κ1) is 14.0. The first-order chi connectivity index (χ1) is 9.13. The molecule has 1 N–H and O–H groups in total. The van der Waals surface area contributed by atoms with Crippen molar-refractivity contribution in [2.45, 2.75) is 33.5 Å². The molecule has 102 valence electrons. The summed E-state index contributed by atoms with van der Waals surface area (Å²) in [6, 6.07) is 3.76. The van der Waals surface area contributed by atoms with Crippen LogP contribution in [0.4, 0.5) is 0 Å². The van der Waals surface area contributed by atoms with Gasteiger partial charge in [0, 0.05) is 16.5 Å². The Morgan fingerprint density at radius 1 is 1.42 bits per heavy atom. The number of aliphatic hydroxyl groups excluding tert-OH is 1. The molecule has 1 aromatic heterocycles. The van der Waals surface area contributed by atoms with Gasteiger partial charge in [0.05, 0.1) is 6.61 Å². The van der Waals surface area contributed by atoms with E-state index in [1.165, 1.54) is 0 Å². The fourth-order valence-electron chi connectivity index (χ4n) is 1.75. The quantitative estimate of drug-likeness (QED) is 0.914. The molecular formula is C13H15BrN2O3. The molecule has 1 heterocycles. The highest BCUT2D eigenvalue weighted by Gasteiger charge is 2.11. The molecule has 1 aromatic carbocycles. The highest BCUT2D eigenvalue weighted by atomic mass is 79.9. The Kier molecular flexibility index (Phi) is 4.55. The number of hydrogen-bond acceptors (Lipinski definition) is 5. The monoisotopic (exact) mass is 326 g/mol. The van der Waals surface area contributed by atoms with Crippen LogP contribution in [0.2, 0.25) is 0 Å². The highest BCUT2D eigenvalue weighted by Crippen LogP contribution is 2.28. The SMILES string of the molecule is CCc1noc(COc2c(C)cc(Br)cc2CO)n1. The third kappa shape index (κ3) is 3.33. The topological polar surface area (TPSA) is 68.4 Å². The number of aryl methyl sites for hydroxylation is 2. The van der Waals surface area contributed by atoms with Gasteiger partial charge < -0.3 is 14.4 Å². The summed E-state index contributed by atoms with van der Waals surface area (Å²) >= 11 is 3.39. The summed E-state index contributed by atoms with van der Waals surface area (Å²) in [4.78, 5) is 4.17. The third-order valence-corrected chi connectivity index (χ3v) is 3.11. The Morgan fingerprint density at radius 2 is 2.21 bits per heavy atom. The zero-order valence-electron chi connectivity index (χ0n) is 10.8. The van der Waals surface area contributed by atoms with E-state index in [9.17, 15) is 5.11 Å². The average molecular weight is 327 g/mol. The minimum Gasteiger partial charge on any atom is -0.483 e. The Labute approximate surface area is 119 Å². The molecule has 0 saturated carbocycles. The van der Waals surface area contributed by atoms with E-state index in [4.69, 9.17) is 9.26 Å². The van der Waals surface area contributed by atoms with Crippen LogP contribution in [0.3, 0.4) is 0 Å². The van der Waals surface area contributed by atoms with Gasteiger partial charge in [-0.05, 0) is 24.6 Å². The Bertz CT molecular complexity index is 569. The second-order valence-electron chi connectivity index (χ2n) is 4.12. The Balaban J connectivity index is 2.14. The van der Waals surface area contributed by atoms with Crippen LogP contribution in [-0.4, -0.2) is 15.2 Å². The summed E-state index contributed by atoms with van der Waals surface area (Å²) in [6.45, 7) is 3.99. The Morgan fingerprint density at radius 3 is 2.84 bits per heavy atom. The normalized spacial score (nSPS) is 10.7. The fraction of sp³-hybridized carbons (Fsp3) is 0.385. The maximum absolute atomic E-state index is 9.35. The molecule has 2 rings (SSSR count). The van der Waals surface area contributed by atoms with Crippen LogP contribution in [0.1, 0.15) is 29.8 Å². The molecule has 0 spiro atoms. The molecule has 0 unspecified atom stereocenters. The van der Waals surface area contributed by atoms with Crippen molar-refractivity contribution in [3.63, 3.8) is 0 Å². The highest BCUT2D eigenvalue weighted by molar-refractivity contribution is 9.10. The van der Waals surface area contributed by atoms with Crippen LogP contribution in [0.25, 0.3) is 0 Å². The smallest absolute Gasteiger partial charge is 0.264 e. The van der Waals surface area contributed by atoms with Gasteiger partial charge in [-0.1, -0.05) is 28.0 Å². The maximum Gasteiger partial charge on any atom is 0.264 e. The maximum atomic E-state index is 9.35. The van der Waals surface area contributed by atoms with Gasteiger partial charge >= 0.3 is 0 Å². The summed E-state index contributed by atoms with van der Waals surface area (Å²) in [5, 5.41) is 13.2. The van der Waals surface area contributed by atoms with E-state index in [-0.39, 0.29) is 13.2 Å². The lowest BCUT2D eigenvalue weighted by molar-refractivity contribution is 0.227. The fourth-order valence-corrected chi connectivity index (χ4v) is 2.37. The summed E-state index contributed by atoms with van der Waals surface area (Å²) in [5.41, 5.74) is 1.66. The number of rotatable bonds is 5. The van der Waals surface area contributed by atoms with E-state index >= 15 is 0 Å². The molecule has 0 saturated heterocycles. The number of benzene rings is 1. The van der Waals surface area contributed by atoms with Crippen molar-refractivity contribution in [1.29, 1.82) is 0 Å². The predicted molar refractivity (Wildman–Crippen MR) is 72.8 cm³/mol. The Hall–Kier alpha value is -1.40. The van der Waals surface area contributed by atoms with Crippen LogP contribution < -0.4 is 4.74 Å². The van der Waals surface area contributed by atoms with E-state index in [0.29, 0.717) is 17.5 Å². The van der Waals surface area contributed by atoms with Gasteiger partial charge in [-0.2, -0.15) is 4.98 Å². The second kappa shape index (κ2) is 6.16. The van der Waals surface area contributed by atoms with Crippen molar-refractivity contribution in [3.8, 4) is 5.75 Å². The zero-order chi connectivity index (χ0) is 13.8. The molecule has 19 heavy (non-hydrogen) atoms. The minimum absolute atomic E-state index is 0.0837. The number of nitrogens with zero attached hydrogens (tertiary/aromatic N) is 2. The van der Waals surface area contributed by atoms with Gasteiger partial charge in [0.1, 0.15) is 5.75 Å². The van der Waals surface area contributed by atoms with E-state index < -0.39 is 0 Å². The first-order valence-corrected chi connectivity index (χ1v) is 6.77. The number of hydrogen-bond donors (Lipinski definition) is 1. The van der Waals surface area contributed by atoms with Gasteiger partial charge in [-0.3, -0.25) is 0 Å². The third-order valence-electron chi connectivity index (χ3n) is 2.65. The molecule has 0 atom stereocenters. The zero-order valence-corrected chi connectivity index (χ0v) is 12.4. The van der Waals surface area contributed by atoms with Crippen molar-refractivity contribution in [3.05, 3.63) is 39.4 Å². The molecule has 2 aromatic rings. The summed E-state index contributed by atoms with van der Waals surface area (Å²) in [7, 11) is 0. The largest absolute Gasteiger partial charge is 0.483 e. The molecule has 5 nitrogen and oxygen atoms in total. The van der Waals surface area contributed by atoms with Crippen molar-refractivity contribution < 1.29 is 14.4 Å². The average Bonchev–Trinajstić information content (AvgIpc) is 2.84. The number of aromatic nitrogens is 2. The molecule has 0 radical (unpaired) electrons. The lowest BCUT2D eigenvalue weighted by Gasteiger charge is -2.12. The number of ether oxygens (including phenoxy) is 1. The standard InChI is InChI=1S/C13H15BrN2O3/c1-3-11-15-12(19-16-11)7-18-13-8(2)4-10(14)5-9(13)6-17/h4-5,17H,3,6-7H2,1-2H3. The lowest BCUT2D eigenvalue weighted by atomic mass is 10.1. The van der Waals surface area contributed by atoms with Crippen molar-refractivity contribution in [2.75, 3.05) is 0 Å². The van der Waals surface area contributed by atoms with Gasteiger partial charge in [-0.25, -0.2) is 0 Å². The number of halogens is 1. The van der Waals surface area contributed by atoms with Crippen molar-refractivity contribution in [2.24, 2.45) is 0 Å². The van der Waals surface area contributed by atoms with Crippen molar-refractivity contribution in [1.82, 2.24) is 10.1 Å². The van der Waals surface area contributed by atoms with Gasteiger partial charge in [0.25, 0.3) is 5.89 Å². The van der Waals surface area contributed by atoms with Gasteiger partial charge in [-0.15, -0.1) is 0 Å². The van der Waals surface area contributed by atoms with E-state index in [1.807, 2.05) is 26.0 Å². The van der Waals surface area contributed by atoms with E-state index in [2.05, 4.69) is 26.1 Å². The molecule has 0 fully saturated rings. The molecule has 0 amide bonds. The molecule has 0 bridgehead atoms. The minimum atomic E-state index is -0.0837. The van der Waals surface area contributed by atoms with Gasteiger partial charge in [0.2, 0.25) is 0 Å². The van der Waals surface area contributed by atoms with Crippen LogP contribution in [0.5, 0.6) is 5.75 Å². The molecule has 0 aliphatic rings. The van der Waals surface area contributed by atoms with Crippen LogP contribution in [-0.2, 0) is 19.6 Å². The second-order valence-corrected chi connectivity index (χ2v) is 5.03. The lowest BCUT2D eigenvalue weighted by Crippen LogP contribution is -2.01. The van der Waals surface area contributed by atoms with Crippen molar-refractivity contribution >= 4 is 15.9 Å². The predicted octanol–water partition coefficient (Wildman–Crippen LogP) is 2.77. The van der Waals surface area contributed by atoms with Crippen LogP contribution in [0.15, 0.2) is 21.1 Å². The molecule has 0 aliphatic carbocycles. The van der Waals surface area contributed by atoms with E-state index in [0.717, 1.165) is 22.0 Å². The first-order valence-electron chi connectivity index (χ1n) is 5.98. The summed E-state index contributed by atoms with van der Waals surface area (Å²) < 4.78 is 11.6. The summed E-state index contributed by atoms with van der Waals surface area (Å²) in [5.74, 6) is 1.75.